The summed E-state index contributed by atoms with van der Waals surface area (Å²) in [6.07, 6.45) is 0.721. The average Bonchev–Trinajstić information content (AvgIpc) is 2.97. The average molecular weight is 272 g/mol. The number of nitrogens with one attached hydrogen (secondary N) is 1. The number of piperazine rings is 1. The maximum atomic E-state index is 5.43. The Labute approximate surface area is 119 Å². The Morgan fingerprint density at radius 1 is 1.25 bits per heavy atom. The van der Waals surface area contributed by atoms with Crippen molar-refractivity contribution < 1.29 is 4.52 Å². The minimum absolute atomic E-state index is 0.189. The summed E-state index contributed by atoms with van der Waals surface area (Å²) in [5.41, 5.74) is 1.20. The standard InChI is InChI=1S/C15H20N4O/c1-12(19-9-7-16-8-10-19)15-17-14(18-20-15)11-13-5-3-2-4-6-13/h2-6,12,16H,7-11H2,1H3/t12-/m0/s1. The van der Waals surface area contributed by atoms with Crippen LogP contribution in [-0.4, -0.2) is 41.2 Å². The fraction of sp³-hybridized carbons (Fsp3) is 0.467. The minimum Gasteiger partial charge on any atom is -0.338 e. The smallest absolute Gasteiger partial charge is 0.243 e. The van der Waals surface area contributed by atoms with E-state index in [1.807, 2.05) is 18.2 Å². The summed E-state index contributed by atoms with van der Waals surface area (Å²) in [4.78, 5) is 6.91. The van der Waals surface area contributed by atoms with Crippen molar-refractivity contribution in [3.63, 3.8) is 0 Å². The van der Waals surface area contributed by atoms with E-state index in [-0.39, 0.29) is 6.04 Å². The van der Waals surface area contributed by atoms with Crippen molar-refractivity contribution in [3.05, 3.63) is 47.6 Å². The lowest BCUT2D eigenvalue weighted by molar-refractivity contribution is 0.154. The van der Waals surface area contributed by atoms with Gasteiger partial charge < -0.3 is 9.84 Å². The summed E-state index contributed by atoms with van der Waals surface area (Å²) >= 11 is 0. The molecule has 20 heavy (non-hydrogen) atoms. The Bertz CT molecular complexity index is 534. The first-order valence-electron chi connectivity index (χ1n) is 7.14. The number of hydrogen-bond acceptors (Lipinski definition) is 5. The van der Waals surface area contributed by atoms with Crippen molar-refractivity contribution in [1.82, 2.24) is 20.4 Å². The third-order valence-electron chi connectivity index (χ3n) is 3.75. The molecule has 0 bridgehead atoms. The van der Waals surface area contributed by atoms with Crippen molar-refractivity contribution in [1.29, 1.82) is 0 Å². The molecule has 0 aliphatic carbocycles. The van der Waals surface area contributed by atoms with E-state index in [0.717, 1.165) is 44.3 Å². The molecule has 0 saturated carbocycles. The van der Waals surface area contributed by atoms with Crippen molar-refractivity contribution in [3.8, 4) is 0 Å². The maximum Gasteiger partial charge on any atom is 0.243 e. The second kappa shape index (κ2) is 6.15. The zero-order valence-corrected chi connectivity index (χ0v) is 11.7. The van der Waals surface area contributed by atoms with Gasteiger partial charge >= 0.3 is 0 Å². The van der Waals surface area contributed by atoms with E-state index in [9.17, 15) is 0 Å². The first kappa shape index (κ1) is 13.3. The number of aromatic nitrogens is 2. The van der Waals surface area contributed by atoms with Crippen LogP contribution in [-0.2, 0) is 6.42 Å². The molecular weight excluding hydrogens is 252 g/mol. The van der Waals surface area contributed by atoms with Crippen LogP contribution in [0.2, 0.25) is 0 Å². The first-order chi connectivity index (χ1) is 9.83. The molecule has 0 radical (unpaired) electrons. The van der Waals surface area contributed by atoms with Crippen LogP contribution in [0.4, 0.5) is 0 Å². The number of hydrogen-bond donors (Lipinski definition) is 1. The second-order valence-electron chi connectivity index (χ2n) is 5.17. The Morgan fingerprint density at radius 2 is 2.00 bits per heavy atom. The van der Waals surface area contributed by atoms with Gasteiger partial charge in [0.1, 0.15) is 0 Å². The molecule has 1 aromatic heterocycles. The molecule has 1 N–H and O–H groups in total. The molecule has 0 unspecified atom stereocenters. The van der Waals surface area contributed by atoms with E-state index in [2.05, 4.69) is 39.4 Å². The summed E-state index contributed by atoms with van der Waals surface area (Å²) in [5, 5.41) is 7.45. The molecule has 1 fully saturated rings. The molecule has 1 atom stereocenters. The highest BCUT2D eigenvalue weighted by atomic mass is 16.5. The molecule has 1 saturated heterocycles. The normalized spacial score (nSPS) is 18.1. The van der Waals surface area contributed by atoms with Gasteiger partial charge in [0.05, 0.1) is 6.04 Å². The Balaban J connectivity index is 1.66. The summed E-state index contributed by atoms with van der Waals surface area (Å²) in [7, 11) is 0. The van der Waals surface area contributed by atoms with Crippen molar-refractivity contribution in [2.45, 2.75) is 19.4 Å². The van der Waals surface area contributed by atoms with Crippen LogP contribution in [0.15, 0.2) is 34.9 Å². The van der Waals surface area contributed by atoms with Crippen LogP contribution in [0.5, 0.6) is 0 Å². The van der Waals surface area contributed by atoms with Gasteiger partial charge in [-0.3, -0.25) is 4.90 Å². The van der Waals surface area contributed by atoms with Crippen LogP contribution in [0.25, 0.3) is 0 Å². The van der Waals surface area contributed by atoms with Crippen LogP contribution >= 0.6 is 0 Å². The topological polar surface area (TPSA) is 54.2 Å². The van der Waals surface area contributed by atoms with Gasteiger partial charge in [-0.15, -0.1) is 0 Å². The van der Waals surface area contributed by atoms with Gasteiger partial charge in [0, 0.05) is 32.6 Å². The fourth-order valence-electron chi connectivity index (χ4n) is 2.51. The molecule has 1 aromatic carbocycles. The Hall–Kier alpha value is -1.72. The molecule has 5 nitrogen and oxygen atoms in total. The highest BCUT2D eigenvalue weighted by molar-refractivity contribution is 5.18. The summed E-state index contributed by atoms with van der Waals surface area (Å²) in [6.45, 7) is 6.23. The van der Waals surface area contributed by atoms with Crippen LogP contribution in [0.3, 0.4) is 0 Å². The van der Waals surface area contributed by atoms with E-state index in [0.29, 0.717) is 0 Å². The van der Waals surface area contributed by atoms with Crippen LogP contribution in [0, 0.1) is 0 Å². The van der Waals surface area contributed by atoms with Gasteiger partial charge in [-0.25, -0.2) is 0 Å². The summed E-state index contributed by atoms with van der Waals surface area (Å²) in [6, 6.07) is 10.4. The third kappa shape index (κ3) is 3.05. The zero-order valence-electron chi connectivity index (χ0n) is 11.7. The fourth-order valence-corrected chi connectivity index (χ4v) is 2.51. The SMILES string of the molecule is C[C@@H](c1nc(Cc2ccccc2)no1)N1CCNCC1. The van der Waals surface area contributed by atoms with E-state index in [4.69, 9.17) is 4.52 Å². The van der Waals surface area contributed by atoms with Crippen LogP contribution < -0.4 is 5.32 Å². The molecule has 3 rings (SSSR count). The summed E-state index contributed by atoms with van der Waals surface area (Å²) < 4.78 is 5.43. The van der Waals surface area contributed by atoms with Crippen molar-refractivity contribution >= 4 is 0 Å². The molecule has 0 spiro atoms. The maximum absolute atomic E-state index is 5.43. The third-order valence-corrected chi connectivity index (χ3v) is 3.75. The zero-order chi connectivity index (χ0) is 13.8. The second-order valence-corrected chi connectivity index (χ2v) is 5.17. The molecule has 106 valence electrons. The molecule has 2 aromatic rings. The summed E-state index contributed by atoms with van der Waals surface area (Å²) in [5.74, 6) is 1.48. The van der Waals surface area contributed by atoms with Gasteiger partial charge in [0.25, 0.3) is 0 Å². The minimum atomic E-state index is 0.189. The molecule has 1 aliphatic rings. The lowest BCUT2D eigenvalue weighted by Gasteiger charge is -2.30. The lowest BCUT2D eigenvalue weighted by Crippen LogP contribution is -2.44. The predicted molar refractivity (Wildman–Crippen MR) is 76.4 cm³/mol. The number of benzene rings is 1. The van der Waals surface area contributed by atoms with Crippen LogP contribution in [0.1, 0.15) is 30.2 Å². The van der Waals surface area contributed by atoms with Gasteiger partial charge in [-0.1, -0.05) is 35.5 Å². The molecule has 5 heteroatoms. The molecule has 0 amide bonds. The largest absolute Gasteiger partial charge is 0.338 e. The van der Waals surface area contributed by atoms with E-state index in [1.54, 1.807) is 0 Å². The van der Waals surface area contributed by atoms with E-state index in [1.165, 1.54) is 5.56 Å². The monoisotopic (exact) mass is 272 g/mol. The Kier molecular flexibility index (Phi) is 4.08. The van der Waals surface area contributed by atoms with Gasteiger partial charge in [0.15, 0.2) is 5.82 Å². The highest BCUT2D eigenvalue weighted by Gasteiger charge is 2.22. The van der Waals surface area contributed by atoms with Gasteiger partial charge in [0.2, 0.25) is 5.89 Å². The van der Waals surface area contributed by atoms with Crippen molar-refractivity contribution in [2.24, 2.45) is 0 Å². The quantitative estimate of drug-likeness (QED) is 0.916. The van der Waals surface area contributed by atoms with Gasteiger partial charge in [-0.05, 0) is 12.5 Å². The highest BCUT2D eigenvalue weighted by Crippen LogP contribution is 2.19. The lowest BCUT2D eigenvalue weighted by atomic mass is 10.1. The van der Waals surface area contributed by atoms with Crippen molar-refractivity contribution in [2.75, 3.05) is 26.2 Å². The molecule has 1 aliphatic heterocycles. The predicted octanol–water partition coefficient (Wildman–Crippen LogP) is 1.63. The number of nitrogens with zero attached hydrogens (tertiary/aromatic N) is 3. The first-order valence-corrected chi connectivity index (χ1v) is 7.14. The van der Waals surface area contributed by atoms with E-state index < -0.39 is 0 Å². The molecule has 2 heterocycles. The Morgan fingerprint density at radius 3 is 2.75 bits per heavy atom. The number of rotatable bonds is 4. The van der Waals surface area contributed by atoms with E-state index >= 15 is 0 Å². The van der Waals surface area contributed by atoms with Gasteiger partial charge in [-0.2, -0.15) is 4.98 Å². The molecular formula is C15H20N4O.